The summed E-state index contributed by atoms with van der Waals surface area (Å²) in [6.45, 7) is 7.20. The Morgan fingerprint density at radius 1 is 1.44 bits per heavy atom. The highest BCUT2D eigenvalue weighted by Crippen LogP contribution is 2.37. The van der Waals surface area contributed by atoms with Gasteiger partial charge in [-0.1, -0.05) is 40.5 Å². The normalized spacial score (nSPS) is 13.7. The minimum absolute atomic E-state index is 0.0468. The summed E-state index contributed by atoms with van der Waals surface area (Å²) < 4.78 is 6.63. The van der Waals surface area contributed by atoms with Gasteiger partial charge in [-0.2, -0.15) is 0 Å². The Morgan fingerprint density at radius 3 is 2.61 bits per heavy atom. The van der Waals surface area contributed by atoms with Crippen molar-refractivity contribution >= 4 is 27.5 Å². The van der Waals surface area contributed by atoms with Gasteiger partial charge < -0.3 is 10.1 Å². The van der Waals surface area contributed by atoms with E-state index in [-0.39, 0.29) is 11.6 Å². The van der Waals surface area contributed by atoms with E-state index in [1.165, 1.54) is 0 Å². The Bertz CT molecular complexity index is 375. The summed E-state index contributed by atoms with van der Waals surface area (Å²) in [5, 5.41) is 4.27. The fourth-order valence-electron chi connectivity index (χ4n) is 1.89. The molecule has 1 unspecified atom stereocenters. The molecule has 0 amide bonds. The van der Waals surface area contributed by atoms with Crippen molar-refractivity contribution in [1.82, 2.24) is 5.32 Å². The highest BCUT2D eigenvalue weighted by Gasteiger charge is 2.32. The number of methoxy groups -OCH3 is 1. The molecule has 0 aliphatic rings. The molecule has 18 heavy (non-hydrogen) atoms. The van der Waals surface area contributed by atoms with Crippen molar-refractivity contribution in [3.63, 3.8) is 0 Å². The number of nitrogens with one attached hydrogen (secondary N) is 1. The summed E-state index contributed by atoms with van der Waals surface area (Å²) in [7, 11) is 1.73. The molecule has 1 aromatic carbocycles. The van der Waals surface area contributed by atoms with Crippen LogP contribution in [0, 0.1) is 0 Å². The lowest BCUT2D eigenvalue weighted by atomic mass is 9.91. The van der Waals surface area contributed by atoms with Crippen molar-refractivity contribution in [2.45, 2.75) is 38.8 Å². The summed E-state index contributed by atoms with van der Waals surface area (Å²) >= 11 is 9.92. The van der Waals surface area contributed by atoms with Crippen LogP contribution >= 0.6 is 27.5 Å². The number of halogens is 2. The average molecular weight is 335 g/mol. The summed E-state index contributed by atoms with van der Waals surface area (Å²) in [4.78, 5) is 0. The van der Waals surface area contributed by atoms with Crippen LogP contribution in [0.1, 0.15) is 38.8 Å². The molecule has 1 N–H and O–H groups in total. The van der Waals surface area contributed by atoms with Gasteiger partial charge in [-0.15, -0.1) is 0 Å². The first-order valence-electron chi connectivity index (χ1n) is 6.16. The molecular formula is C14H21BrClNO. The Morgan fingerprint density at radius 2 is 2.11 bits per heavy atom. The van der Waals surface area contributed by atoms with E-state index < -0.39 is 0 Å². The van der Waals surface area contributed by atoms with E-state index in [1.54, 1.807) is 7.11 Å². The highest BCUT2D eigenvalue weighted by atomic mass is 79.9. The molecule has 0 aliphatic carbocycles. The Labute approximate surface area is 123 Å². The fraction of sp³-hybridized carbons (Fsp3) is 0.571. The summed E-state index contributed by atoms with van der Waals surface area (Å²) in [6.07, 6.45) is 1.07. The van der Waals surface area contributed by atoms with Crippen LogP contribution in [-0.2, 0) is 4.74 Å². The summed E-state index contributed by atoms with van der Waals surface area (Å²) in [5.41, 5.74) is 0.724. The van der Waals surface area contributed by atoms with Gasteiger partial charge in [0.2, 0.25) is 0 Å². The Balaban J connectivity index is 3.17. The number of hydrogen-bond acceptors (Lipinski definition) is 2. The predicted molar refractivity (Wildman–Crippen MR) is 81.3 cm³/mol. The lowest BCUT2D eigenvalue weighted by molar-refractivity contribution is -0.0112. The van der Waals surface area contributed by atoms with Crippen LogP contribution in [0.15, 0.2) is 22.7 Å². The zero-order valence-electron chi connectivity index (χ0n) is 11.4. The van der Waals surface area contributed by atoms with Crippen molar-refractivity contribution in [1.29, 1.82) is 0 Å². The molecule has 4 heteroatoms. The van der Waals surface area contributed by atoms with Gasteiger partial charge in [-0.05, 0) is 38.9 Å². The maximum atomic E-state index is 6.34. The fourth-order valence-corrected chi connectivity index (χ4v) is 2.88. The largest absolute Gasteiger partial charge is 0.377 e. The van der Waals surface area contributed by atoms with Crippen molar-refractivity contribution in [3.05, 3.63) is 33.3 Å². The standard InChI is InChI=1S/C14H21BrClNO/c1-5-9-17-13(14(2,3)18-4)12-10(15)7-6-8-11(12)16/h6-8,13,17H,5,9H2,1-4H3. The van der Waals surface area contributed by atoms with Crippen molar-refractivity contribution in [2.24, 2.45) is 0 Å². The van der Waals surface area contributed by atoms with Crippen LogP contribution in [0.25, 0.3) is 0 Å². The van der Waals surface area contributed by atoms with E-state index in [0.717, 1.165) is 28.0 Å². The first kappa shape index (κ1) is 16.0. The van der Waals surface area contributed by atoms with Crippen LogP contribution in [0.3, 0.4) is 0 Å². The minimum atomic E-state index is -0.331. The van der Waals surface area contributed by atoms with Crippen LogP contribution in [0.2, 0.25) is 5.02 Å². The SMILES string of the molecule is CCCNC(c1c(Cl)cccc1Br)C(C)(C)OC. The second-order valence-electron chi connectivity index (χ2n) is 4.83. The molecule has 102 valence electrons. The van der Waals surface area contributed by atoms with E-state index in [1.807, 2.05) is 18.2 Å². The molecule has 0 saturated heterocycles. The van der Waals surface area contributed by atoms with Gasteiger partial charge in [0.15, 0.2) is 0 Å². The van der Waals surface area contributed by atoms with Gasteiger partial charge in [0, 0.05) is 22.2 Å². The van der Waals surface area contributed by atoms with Gasteiger partial charge in [0.1, 0.15) is 0 Å². The van der Waals surface area contributed by atoms with Crippen LogP contribution in [-0.4, -0.2) is 19.3 Å². The number of hydrogen-bond donors (Lipinski definition) is 1. The average Bonchev–Trinajstić information content (AvgIpc) is 2.32. The first-order chi connectivity index (χ1) is 8.44. The summed E-state index contributed by atoms with van der Waals surface area (Å²) in [5.74, 6) is 0. The quantitative estimate of drug-likeness (QED) is 0.823. The zero-order chi connectivity index (χ0) is 13.8. The van der Waals surface area contributed by atoms with Gasteiger partial charge in [0.25, 0.3) is 0 Å². The molecule has 1 atom stereocenters. The number of ether oxygens (including phenoxy) is 1. The van der Waals surface area contributed by atoms with Gasteiger partial charge in [-0.3, -0.25) is 0 Å². The van der Waals surface area contributed by atoms with E-state index in [4.69, 9.17) is 16.3 Å². The molecule has 0 bridgehead atoms. The first-order valence-corrected chi connectivity index (χ1v) is 7.33. The van der Waals surface area contributed by atoms with E-state index in [9.17, 15) is 0 Å². The molecule has 0 heterocycles. The Hall–Kier alpha value is -0.0900. The maximum absolute atomic E-state index is 6.34. The molecule has 0 aromatic heterocycles. The molecular weight excluding hydrogens is 314 g/mol. The maximum Gasteiger partial charge on any atom is 0.0817 e. The molecule has 0 saturated carbocycles. The topological polar surface area (TPSA) is 21.3 Å². The third-order valence-corrected chi connectivity index (χ3v) is 4.13. The molecule has 2 nitrogen and oxygen atoms in total. The minimum Gasteiger partial charge on any atom is -0.377 e. The van der Waals surface area contributed by atoms with E-state index in [0.29, 0.717) is 0 Å². The van der Waals surface area contributed by atoms with Crippen molar-refractivity contribution in [3.8, 4) is 0 Å². The van der Waals surface area contributed by atoms with Crippen molar-refractivity contribution in [2.75, 3.05) is 13.7 Å². The van der Waals surface area contributed by atoms with Crippen LogP contribution in [0.5, 0.6) is 0 Å². The third kappa shape index (κ3) is 3.70. The Kier molecular flexibility index (Phi) is 6.12. The molecule has 1 aromatic rings. The van der Waals surface area contributed by atoms with Crippen molar-refractivity contribution < 1.29 is 4.74 Å². The second-order valence-corrected chi connectivity index (χ2v) is 6.09. The van der Waals surface area contributed by atoms with Crippen LogP contribution < -0.4 is 5.32 Å². The third-order valence-electron chi connectivity index (χ3n) is 3.11. The summed E-state index contributed by atoms with van der Waals surface area (Å²) in [6, 6.07) is 5.90. The van der Waals surface area contributed by atoms with Gasteiger partial charge >= 0.3 is 0 Å². The molecule has 0 spiro atoms. The van der Waals surface area contributed by atoms with Crippen LogP contribution in [0.4, 0.5) is 0 Å². The molecule has 0 aliphatic heterocycles. The monoisotopic (exact) mass is 333 g/mol. The zero-order valence-corrected chi connectivity index (χ0v) is 13.7. The predicted octanol–water partition coefficient (Wildman–Crippen LogP) is 4.57. The molecule has 1 rings (SSSR count). The number of rotatable bonds is 6. The van der Waals surface area contributed by atoms with Gasteiger partial charge in [0.05, 0.1) is 11.6 Å². The molecule has 0 fully saturated rings. The van der Waals surface area contributed by atoms with E-state index in [2.05, 4.69) is 42.0 Å². The van der Waals surface area contributed by atoms with E-state index >= 15 is 0 Å². The highest BCUT2D eigenvalue weighted by molar-refractivity contribution is 9.10. The lowest BCUT2D eigenvalue weighted by Crippen LogP contribution is -2.41. The lowest BCUT2D eigenvalue weighted by Gasteiger charge is -2.35. The number of benzene rings is 1. The van der Waals surface area contributed by atoms with Gasteiger partial charge in [-0.25, -0.2) is 0 Å². The molecule has 0 radical (unpaired) electrons. The smallest absolute Gasteiger partial charge is 0.0817 e. The second kappa shape index (κ2) is 6.90.